The van der Waals surface area contributed by atoms with Crippen LogP contribution in [0.1, 0.15) is 39.5 Å². The van der Waals surface area contributed by atoms with E-state index in [1.165, 1.54) is 0 Å². The van der Waals surface area contributed by atoms with Crippen LogP contribution in [-0.2, 0) is 4.79 Å². The predicted molar refractivity (Wildman–Crippen MR) is 54.7 cm³/mol. The van der Waals surface area contributed by atoms with Crippen molar-refractivity contribution in [2.75, 3.05) is 0 Å². The molecule has 16 heavy (non-hydrogen) atoms. The van der Waals surface area contributed by atoms with Crippen molar-refractivity contribution in [2.24, 2.45) is 5.92 Å². The number of carbonyl (C=O) groups excluding carboxylic acids is 1. The predicted octanol–water partition coefficient (Wildman–Crippen LogP) is 2.23. The Bertz CT molecular complexity index is 310. The van der Waals surface area contributed by atoms with E-state index in [-0.39, 0.29) is 37.5 Å². The highest BCUT2D eigenvalue weighted by molar-refractivity contribution is 5.79. The summed E-state index contributed by atoms with van der Waals surface area (Å²) in [5.74, 6) is -3.30. The maximum absolute atomic E-state index is 12.9. The lowest BCUT2D eigenvalue weighted by Crippen LogP contribution is -2.46. The van der Waals surface area contributed by atoms with Crippen LogP contribution >= 0.6 is 0 Å². The molecule has 90 valence electrons. The summed E-state index contributed by atoms with van der Waals surface area (Å²) in [6.45, 7) is 3.17. The maximum Gasteiger partial charge on any atom is 0.248 e. The van der Waals surface area contributed by atoms with Crippen LogP contribution in [0, 0.1) is 17.2 Å². The molecule has 1 amide bonds. The second kappa shape index (κ2) is 4.36. The molecule has 1 N–H and O–H groups in total. The molecule has 1 rings (SSSR count). The summed E-state index contributed by atoms with van der Waals surface area (Å²) >= 11 is 0. The van der Waals surface area contributed by atoms with Gasteiger partial charge in [-0.15, -0.1) is 0 Å². The summed E-state index contributed by atoms with van der Waals surface area (Å²) in [7, 11) is 0. The number of nitrogens with one attached hydrogen (secondary N) is 1. The quantitative estimate of drug-likeness (QED) is 0.790. The highest BCUT2D eigenvalue weighted by Crippen LogP contribution is 2.36. The fourth-order valence-corrected chi connectivity index (χ4v) is 1.74. The lowest BCUT2D eigenvalue weighted by molar-refractivity contribution is -0.130. The van der Waals surface area contributed by atoms with E-state index in [0.29, 0.717) is 0 Å². The first-order chi connectivity index (χ1) is 7.26. The van der Waals surface area contributed by atoms with Crippen LogP contribution in [0.25, 0.3) is 0 Å². The topological polar surface area (TPSA) is 52.9 Å². The third kappa shape index (κ3) is 3.44. The number of alkyl halides is 2. The van der Waals surface area contributed by atoms with E-state index in [1.54, 1.807) is 13.8 Å². The van der Waals surface area contributed by atoms with Crippen molar-refractivity contribution in [3.63, 3.8) is 0 Å². The van der Waals surface area contributed by atoms with Gasteiger partial charge in [0.2, 0.25) is 11.8 Å². The van der Waals surface area contributed by atoms with Crippen molar-refractivity contribution >= 4 is 5.91 Å². The Labute approximate surface area is 93.8 Å². The molecule has 0 aromatic rings. The van der Waals surface area contributed by atoms with Gasteiger partial charge in [0.15, 0.2) is 0 Å². The number of nitriles is 1. The van der Waals surface area contributed by atoms with Crippen LogP contribution in [0.4, 0.5) is 8.78 Å². The molecule has 0 radical (unpaired) electrons. The fourth-order valence-electron chi connectivity index (χ4n) is 1.74. The second-order valence-electron chi connectivity index (χ2n) is 4.86. The third-order valence-electron chi connectivity index (χ3n) is 2.80. The Hall–Kier alpha value is -1.18. The number of rotatable bonds is 2. The van der Waals surface area contributed by atoms with Gasteiger partial charge in [-0.1, -0.05) is 0 Å². The van der Waals surface area contributed by atoms with Gasteiger partial charge in [0, 0.05) is 18.8 Å². The molecule has 0 heterocycles. The van der Waals surface area contributed by atoms with Crippen molar-refractivity contribution in [3.05, 3.63) is 0 Å². The summed E-state index contributed by atoms with van der Waals surface area (Å²) in [6.07, 6.45) is -0.0865. The van der Waals surface area contributed by atoms with Crippen LogP contribution in [-0.4, -0.2) is 17.4 Å². The summed E-state index contributed by atoms with van der Waals surface area (Å²) in [5.41, 5.74) is -0.933. The summed E-state index contributed by atoms with van der Waals surface area (Å²) in [4.78, 5) is 11.7. The molecule has 0 bridgehead atoms. The zero-order chi connectivity index (χ0) is 12.4. The minimum absolute atomic E-state index is 0.195. The van der Waals surface area contributed by atoms with Crippen molar-refractivity contribution in [3.8, 4) is 6.07 Å². The average Bonchev–Trinajstić information content (AvgIpc) is 2.16. The van der Waals surface area contributed by atoms with Crippen LogP contribution in [0.15, 0.2) is 0 Å². The molecular formula is C11H16F2N2O. The zero-order valence-corrected chi connectivity index (χ0v) is 9.52. The van der Waals surface area contributed by atoms with Crippen molar-refractivity contribution in [1.29, 1.82) is 5.26 Å². The molecule has 0 saturated heterocycles. The standard InChI is InChI=1S/C11H16F2N2O/c1-10(2,7-14)15-9(16)8-3-5-11(12,13)6-4-8/h8H,3-6H2,1-2H3,(H,15,16). The van der Waals surface area contributed by atoms with E-state index in [2.05, 4.69) is 5.32 Å². The van der Waals surface area contributed by atoms with E-state index in [1.807, 2.05) is 6.07 Å². The van der Waals surface area contributed by atoms with E-state index in [4.69, 9.17) is 5.26 Å². The van der Waals surface area contributed by atoms with Gasteiger partial charge in [-0.2, -0.15) is 5.26 Å². The number of amides is 1. The average molecular weight is 230 g/mol. The number of halogens is 2. The number of carbonyl (C=O) groups is 1. The molecule has 1 saturated carbocycles. The highest BCUT2D eigenvalue weighted by Gasteiger charge is 2.38. The first-order valence-electron chi connectivity index (χ1n) is 5.37. The van der Waals surface area contributed by atoms with Gasteiger partial charge in [0.05, 0.1) is 6.07 Å². The van der Waals surface area contributed by atoms with Gasteiger partial charge in [0.1, 0.15) is 5.54 Å². The minimum atomic E-state index is -2.62. The van der Waals surface area contributed by atoms with Gasteiger partial charge in [-0.3, -0.25) is 4.79 Å². The molecule has 1 fully saturated rings. The second-order valence-corrected chi connectivity index (χ2v) is 4.86. The molecule has 0 atom stereocenters. The van der Waals surface area contributed by atoms with Gasteiger partial charge in [-0.25, -0.2) is 8.78 Å². The summed E-state index contributed by atoms with van der Waals surface area (Å²) in [5, 5.41) is 11.3. The minimum Gasteiger partial charge on any atom is -0.338 e. The Kier molecular flexibility index (Phi) is 3.51. The molecule has 0 aromatic heterocycles. The molecule has 0 aromatic carbocycles. The normalized spacial score (nSPS) is 21.2. The molecule has 0 spiro atoms. The smallest absolute Gasteiger partial charge is 0.248 e. The molecule has 1 aliphatic carbocycles. The van der Waals surface area contributed by atoms with E-state index >= 15 is 0 Å². The van der Waals surface area contributed by atoms with Crippen LogP contribution < -0.4 is 5.32 Å². The Morgan fingerprint density at radius 1 is 1.44 bits per heavy atom. The first-order valence-corrected chi connectivity index (χ1v) is 5.37. The highest BCUT2D eigenvalue weighted by atomic mass is 19.3. The van der Waals surface area contributed by atoms with Crippen LogP contribution in [0.2, 0.25) is 0 Å². The van der Waals surface area contributed by atoms with Crippen molar-refractivity contribution < 1.29 is 13.6 Å². The fraction of sp³-hybridized carbons (Fsp3) is 0.818. The number of hydrogen-bond donors (Lipinski definition) is 1. The van der Waals surface area contributed by atoms with E-state index < -0.39 is 11.5 Å². The Balaban J connectivity index is 2.49. The SMILES string of the molecule is CC(C)(C#N)NC(=O)C1CCC(F)(F)CC1. The molecular weight excluding hydrogens is 214 g/mol. The summed E-state index contributed by atoms with van der Waals surface area (Å²) < 4.78 is 25.7. The van der Waals surface area contributed by atoms with E-state index in [9.17, 15) is 13.6 Å². The van der Waals surface area contributed by atoms with Gasteiger partial charge in [-0.05, 0) is 26.7 Å². The summed E-state index contributed by atoms with van der Waals surface area (Å²) in [6, 6.07) is 1.95. The molecule has 3 nitrogen and oxygen atoms in total. The monoisotopic (exact) mass is 230 g/mol. The lowest BCUT2D eigenvalue weighted by atomic mass is 9.85. The number of hydrogen-bond acceptors (Lipinski definition) is 2. The van der Waals surface area contributed by atoms with Gasteiger partial charge in [0.25, 0.3) is 0 Å². The lowest BCUT2D eigenvalue weighted by Gasteiger charge is -2.29. The molecule has 5 heteroatoms. The Morgan fingerprint density at radius 2 is 1.94 bits per heavy atom. The third-order valence-corrected chi connectivity index (χ3v) is 2.80. The van der Waals surface area contributed by atoms with Crippen molar-refractivity contribution in [2.45, 2.75) is 51.0 Å². The van der Waals surface area contributed by atoms with Crippen LogP contribution in [0.3, 0.4) is 0 Å². The van der Waals surface area contributed by atoms with Crippen molar-refractivity contribution in [1.82, 2.24) is 5.32 Å². The zero-order valence-electron chi connectivity index (χ0n) is 9.52. The Morgan fingerprint density at radius 3 is 2.38 bits per heavy atom. The van der Waals surface area contributed by atoms with Gasteiger partial charge >= 0.3 is 0 Å². The van der Waals surface area contributed by atoms with E-state index in [0.717, 1.165) is 0 Å². The first kappa shape index (κ1) is 12.9. The maximum atomic E-state index is 12.9. The molecule has 0 aliphatic heterocycles. The molecule has 0 unspecified atom stereocenters. The molecule has 1 aliphatic rings. The largest absolute Gasteiger partial charge is 0.338 e. The number of nitrogens with zero attached hydrogens (tertiary/aromatic N) is 1. The van der Waals surface area contributed by atoms with Crippen LogP contribution in [0.5, 0.6) is 0 Å². The van der Waals surface area contributed by atoms with Gasteiger partial charge < -0.3 is 5.32 Å².